The highest BCUT2D eigenvalue weighted by molar-refractivity contribution is 5.68. The number of rotatable bonds is 5. The minimum absolute atomic E-state index is 0.268. The van der Waals surface area contributed by atoms with Gasteiger partial charge in [-0.15, -0.1) is 0 Å². The monoisotopic (exact) mass is 324 g/mol. The van der Waals surface area contributed by atoms with E-state index in [4.69, 9.17) is 9.47 Å². The highest BCUT2D eigenvalue weighted by Crippen LogP contribution is 2.56. The Morgan fingerprint density at radius 3 is 2.65 bits per heavy atom. The van der Waals surface area contributed by atoms with Gasteiger partial charge in [0, 0.05) is 30.7 Å². The normalized spacial score (nSPS) is 32.2. The van der Waals surface area contributed by atoms with E-state index in [9.17, 15) is 4.79 Å². The van der Waals surface area contributed by atoms with E-state index in [1.54, 1.807) is 0 Å². The lowest BCUT2D eigenvalue weighted by Crippen LogP contribution is -2.71. The molecule has 0 aromatic rings. The Bertz CT molecular complexity index is 422. The summed E-state index contributed by atoms with van der Waals surface area (Å²) < 4.78 is 10.8. The van der Waals surface area contributed by atoms with Crippen LogP contribution in [0.1, 0.15) is 59.3 Å². The molecule has 1 spiro atoms. The van der Waals surface area contributed by atoms with Gasteiger partial charge in [0.15, 0.2) is 0 Å². The zero-order valence-corrected chi connectivity index (χ0v) is 14.8. The van der Waals surface area contributed by atoms with Crippen LogP contribution in [-0.4, -0.2) is 43.5 Å². The number of hydrogen-bond acceptors (Lipinski definition) is 4. The molecule has 2 saturated carbocycles. The third-order valence-electron chi connectivity index (χ3n) is 5.80. The predicted octanol–water partition coefficient (Wildman–Crippen LogP) is 2.84. The summed E-state index contributed by atoms with van der Waals surface area (Å²) in [6.07, 6.45) is 6.89. The van der Waals surface area contributed by atoms with Crippen molar-refractivity contribution in [2.24, 2.45) is 11.3 Å². The van der Waals surface area contributed by atoms with Crippen molar-refractivity contribution < 1.29 is 14.3 Å². The van der Waals surface area contributed by atoms with Gasteiger partial charge in [0.25, 0.3) is 0 Å². The van der Waals surface area contributed by atoms with Crippen LogP contribution in [0, 0.1) is 11.3 Å². The van der Waals surface area contributed by atoms with Crippen LogP contribution in [0.3, 0.4) is 0 Å². The lowest BCUT2D eigenvalue weighted by Gasteiger charge is -2.61. The Kier molecular flexibility index (Phi) is 4.88. The summed E-state index contributed by atoms with van der Waals surface area (Å²) in [5, 5.41) is 6.85. The molecule has 2 N–H and O–H groups in total. The van der Waals surface area contributed by atoms with Gasteiger partial charge in [-0.25, -0.2) is 4.79 Å². The second-order valence-corrected chi connectivity index (χ2v) is 8.55. The lowest BCUT2D eigenvalue weighted by molar-refractivity contribution is -0.0615. The number of carbonyl (C=O) groups excluding carboxylic acids is 1. The summed E-state index contributed by atoms with van der Waals surface area (Å²) in [5.74, 6) is 0.732. The van der Waals surface area contributed by atoms with E-state index in [0.29, 0.717) is 6.04 Å². The van der Waals surface area contributed by atoms with Crippen molar-refractivity contribution in [1.82, 2.24) is 10.6 Å². The first-order valence-corrected chi connectivity index (χ1v) is 9.20. The molecule has 3 atom stereocenters. The summed E-state index contributed by atoms with van der Waals surface area (Å²) >= 11 is 0. The van der Waals surface area contributed by atoms with Crippen LogP contribution in [0.4, 0.5) is 4.79 Å². The molecule has 3 aliphatic rings. The SMILES string of the molecule is CC(C)(C)OC(=O)NC1CC(NCCC2CCOC2)C12CCC2. The molecule has 3 fully saturated rings. The number of amides is 1. The maximum Gasteiger partial charge on any atom is 0.407 e. The third kappa shape index (κ3) is 3.82. The molecule has 0 aromatic carbocycles. The van der Waals surface area contributed by atoms with Crippen molar-refractivity contribution in [2.75, 3.05) is 19.8 Å². The summed E-state index contributed by atoms with van der Waals surface area (Å²) in [4.78, 5) is 12.0. The quantitative estimate of drug-likeness (QED) is 0.816. The van der Waals surface area contributed by atoms with E-state index in [2.05, 4.69) is 10.6 Å². The average Bonchev–Trinajstić information content (AvgIpc) is 2.85. The van der Waals surface area contributed by atoms with E-state index in [1.807, 2.05) is 20.8 Å². The maximum atomic E-state index is 12.0. The van der Waals surface area contributed by atoms with E-state index < -0.39 is 5.60 Å². The molecule has 5 nitrogen and oxygen atoms in total. The molecule has 1 amide bonds. The first kappa shape index (κ1) is 17.0. The highest BCUT2D eigenvalue weighted by Gasteiger charge is 2.58. The molecule has 1 saturated heterocycles. The van der Waals surface area contributed by atoms with E-state index in [0.717, 1.165) is 32.1 Å². The van der Waals surface area contributed by atoms with Gasteiger partial charge < -0.3 is 20.1 Å². The number of nitrogens with one attached hydrogen (secondary N) is 2. The Labute approximate surface area is 139 Å². The Hall–Kier alpha value is -0.810. The maximum absolute atomic E-state index is 12.0. The molecular formula is C18H32N2O3. The molecule has 5 heteroatoms. The van der Waals surface area contributed by atoms with Crippen LogP contribution in [0.2, 0.25) is 0 Å². The average molecular weight is 324 g/mol. The molecular weight excluding hydrogens is 292 g/mol. The van der Waals surface area contributed by atoms with Crippen LogP contribution in [0.5, 0.6) is 0 Å². The second kappa shape index (κ2) is 6.60. The standard InChI is InChI=1S/C18H32N2O3/c1-17(2,3)23-16(21)20-15-11-14(18(15)7-4-8-18)19-9-5-13-6-10-22-12-13/h13-15,19H,4-12H2,1-3H3,(H,20,21). The summed E-state index contributed by atoms with van der Waals surface area (Å²) in [6.45, 7) is 8.65. The third-order valence-corrected chi connectivity index (χ3v) is 5.80. The topological polar surface area (TPSA) is 59.6 Å². The predicted molar refractivity (Wildman–Crippen MR) is 89.4 cm³/mol. The molecule has 2 aliphatic carbocycles. The summed E-state index contributed by atoms with van der Waals surface area (Å²) in [6, 6.07) is 0.830. The van der Waals surface area contributed by atoms with Gasteiger partial charge in [0.2, 0.25) is 0 Å². The minimum atomic E-state index is -0.429. The Morgan fingerprint density at radius 2 is 2.09 bits per heavy atom. The number of carbonyl (C=O) groups is 1. The largest absolute Gasteiger partial charge is 0.444 e. The first-order valence-electron chi connectivity index (χ1n) is 9.20. The Balaban J connectivity index is 1.43. The number of alkyl carbamates (subject to hydrolysis) is 1. The van der Waals surface area contributed by atoms with Crippen molar-refractivity contribution in [3.05, 3.63) is 0 Å². The van der Waals surface area contributed by atoms with Crippen molar-refractivity contribution >= 4 is 6.09 Å². The number of ether oxygens (including phenoxy) is 2. The fraction of sp³-hybridized carbons (Fsp3) is 0.944. The van der Waals surface area contributed by atoms with Gasteiger partial charge in [-0.05, 0) is 65.3 Å². The van der Waals surface area contributed by atoms with Crippen LogP contribution >= 0.6 is 0 Å². The molecule has 3 unspecified atom stereocenters. The zero-order chi connectivity index (χ0) is 16.5. The van der Waals surface area contributed by atoms with Gasteiger partial charge in [-0.2, -0.15) is 0 Å². The van der Waals surface area contributed by atoms with E-state index >= 15 is 0 Å². The van der Waals surface area contributed by atoms with Crippen molar-refractivity contribution in [2.45, 2.75) is 77.0 Å². The molecule has 0 bridgehead atoms. The van der Waals surface area contributed by atoms with Gasteiger partial charge in [-0.3, -0.25) is 0 Å². The Morgan fingerprint density at radius 1 is 1.30 bits per heavy atom. The summed E-state index contributed by atoms with van der Waals surface area (Å²) in [7, 11) is 0. The molecule has 0 aromatic heterocycles. The molecule has 1 heterocycles. The molecule has 0 radical (unpaired) electrons. The number of hydrogen-bond donors (Lipinski definition) is 2. The van der Waals surface area contributed by atoms with Gasteiger partial charge >= 0.3 is 6.09 Å². The van der Waals surface area contributed by atoms with Crippen molar-refractivity contribution in [1.29, 1.82) is 0 Å². The zero-order valence-electron chi connectivity index (χ0n) is 14.8. The summed E-state index contributed by atoms with van der Waals surface area (Å²) in [5.41, 5.74) is -0.148. The molecule has 1 aliphatic heterocycles. The van der Waals surface area contributed by atoms with E-state index in [1.165, 1.54) is 32.1 Å². The molecule has 3 rings (SSSR count). The second-order valence-electron chi connectivity index (χ2n) is 8.55. The van der Waals surface area contributed by atoms with Crippen LogP contribution in [0.15, 0.2) is 0 Å². The lowest BCUT2D eigenvalue weighted by atomic mass is 9.50. The molecule has 23 heavy (non-hydrogen) atoms. The van der Waals surface area contributed by atoms with Gasteiger partial charge in [0.1, 0.15) is 5.60 Å². The fourth-order valence-corrected chi connectivity index (χ4v) is 4.28. The first-order chi connectivity index (χ1) is 10.9. The smallest absolute Gasteiger partial charge is 0.407 e. The highest BCUT2D eigenvalue weighted by atomic mass is 16.6. The van der Waals surface area contributed by atoms with E-state index in [-0.39, 0.29) is 17.6 Å². The van der Waals surface area contributed by atoms with Crippen molar-refractivity contribution in [3.63, 3.8) is 0 Å². The van der Waals surface area contributed by atoms with Crippen LogP contribution < -0.4 is 10.6 Å². The fourth-order valence-electron chi connectivity index (χ4n) is 4.28. The minimum Gasteiger partial charge on any atom is -0.444 e. The van der Waals surface area contributed by atoms with Gasteiger partial charge in [-0.1, -0.05) is 6.42 Å². The van der Waals surface area contributed by atoms with Crippen LogP contribution in [-0.2, 0) is 9.47 Å². The van der Waals surface area contributed by atoms with Crippen molar-refractivity contribution in [3.8, 4) is 0 Å². The van der Waals surface area contributed by atoms with Crippen LogP contribution in [0.25, 0.3) is 0 Å². The van der Waals surface area contributed by atoms with Gasteiger partial charge in [0.05, 0.1) is 0 Å². The molecule has 132 valence electrons.